The van der Waals surface area contributed by atoms with Gasteiger partial charge < -0.3 is 0 Å². The van der Waals surface area contributed by atoms with Gasteiger partial charge >= 0.3 is 0 Å². The number of hydrogen-bond acceptors (Lipinski definition) is 3. The molecule has 0 N–H and O–H groups in total. The fraction of sp³-hybridized carbons (Fsp3) is 0.875. The van der Waals surface area contributed by atoms with Crippen molar-refractivity contribution in [3.8, 4) is 0 Å². The summed E-state index contributed by atoms with van der Waals surface area (Å²) >= 11 is 0. The van der Waals surface area contributed by atoms with E-state index in [1.807, 2.05) is 0 Å². The van der Waals surface area contributed by atoms with Gasteiger partial charge in [0.1, 0.15) is 5.75 Å². The molecule has 1 saturated carbocycles. The van der Waals surface area contributed by atoms with Gasteiger partial charge in [-0.05, 0) is 19.3 Å². The van der Waals surface area contributed by atoms with Crippen LogP contribution in [0.2, 0.25) is 0 Å². The fourth-order valence-electron chi connectivity index (χ4n) is 2.32. The lowest BCUT2D eigenvalue weighted by Crippen LogP contribution is -2.54. The molecule has 4 nitrogen and oxygen atoms in total. The first-order valence-corrected chi connectivity index (χ1v) is 6.18. The summed E-state index contributed by atoms with van der Waals surface area (Å²) in [6.07, 6.45) is 2.41. The Hall–Kier alpha value is -0.420. The summed E-state index contributed by atoms with van der Waals surface area (Å²) in [5.41, 5.74) is -0.617. The number of hydrogen-bond donors (Lipinski definition) is 0. The first kappa shape index (κ1) is 9.15. The minimum atomic E-state index is -3.27. The summed E-state index contributed by atoms with van der Waals surface area (Å²) in [6, 6.07) is 0. The Kier molecular flexibility index (Phi) is 1.79. The number of nitrogens with zero attached hydrogens (tertiary/aromatic N) is 1. The highest BCUT2D eigenvalue weighted by atomic mass is 32.2. The molecule has 1 saturated heterocycles. The first-order valence-electron chi connectivity index (χ1n) is 4.57. The second-order valence-corrected chi connectivity index (χ2v) is 5.62. The van der Waals surface area contributed by atoms with Crippen molar-refractivity contribution >= 4 is 15.8 Å². The van der Waals surface area contributed by atoms with Crippen LogP contribution in [-0.2, 0) is 14.8 Å². The third kappa shape index (κ3) is 1.00. The fourth-order valence-corrected chi connectivity index (χ4v) is 4.29. The molecule has 1 heterocycles. The molecule has 1 aliphatic carbocycles. The number of likely N-dealkylation sites (N-methyl/N-ethyl adjacent to an activating group) is 1. The minimum absolute atomic E-state index is 0.0967. The standard InChI is InChI=1S/C8H13NO3S/c1-2-9-8(4-3-5-8)7(10)6-13(9,11)12/h2-6H2,1H3. The van der Waals surface area contributed by atoms with Crippen LogP contribution in [0.5, 0.6) is 0 Å². The normalized spacial score (nSPS) is 30.7. The van der Waals surface area contributed by atoms with Gasteiger partial charge in [-0.1, -0.05) is 6.92 Å². The molecule has 0 radical (unpaired) electrons. The van der Waals surface area contributed by atoms with E-state index >= 15 is 0 Å². The van der Waals surface area contributed by atoms with Crippen molar-refractivity contribution in [1.29, 1.82) is 0 Å². The lowest BCUT2D eigenvalue weighted by Gasteiger charge is -2.41. The Morgan fingerprint density at radius 2 is 2.08 bits per heavy atom. The van der Waals surface area contributed by atoms with E-state index < -0.39 is 15.6 Å². The molecule has 0 aromatic rings. The average molecular weight is 203 g/mol. The van der Waals surface area contributed by atoms with Gasteiger partial charge in [0.25, 0.3) is 0 Å². The number of rotatable bonds is 1. The Balaban J connectivity index is 2.43. The van der Waals surface area contributed by atoms with Crippen molar-refractivity contribution in [3.63, 3.8) is 0 Å². The molecule has 1 aliphatic heterocycles. The number of sulfonamides is 1. The number of Topliss-reactive ketones (excluding diaryl/α,β-unsaturated/α-hetero) is 1. The SMILES string of the molecule is CCN1C2(CCC2)C(=O)CS1(=O)=O. The van der Waals surface area contributed by atoms with Gasteiger partial charge in [0.2, 0.25) is 10.0 Å². The molecule has 0 unspecified atom stereocenters. The molecule has 1 spiro atoms. The van der Waals surface area contributed by atoms with Crippen LogP contribution in [0.3, 0.4) is 0 Å². The second kappa shape index (κ2) is 2.54. The van der Waals surface area contributed by atoms with Crippen molar-refractivity contribution in [1.82, 2.24) is 4.31 Å². The van der Waals surface area contributed by atoms with Gasteiger partial charge in [-0.15, -0.1) is 0 Å². The third-order valence-electron chi connectivity index (χ3n) is 3.11. The highest BCUT2D eigenvalue weighted by Crippen LogP contribution is 2.44. The average Bonchev–Trinajstić information content (AvgIpc) is 2.13. The van der Waals surface area contributed by atoms with Crippen molar-refractivity contribution in [2.45, 2.75) is 31.7 Å². The van der Waals surface area contributed by atoms with Gasteiger partial charge in [-0.3, -0.25) is 4.79 Å². The first-order chi connectivity index (χ1) is 6.03. The molecule has 74 valence electrons. The molecule has 2 aliphatic rings. The largest absolute Gasteiger partial charge is 0.296 e. The Morgan fingerprint density at radius 1 is 1.46 bits per heavy atom. The molecule has 0 bridgehead atoms. The van der Waals surface area contributed by atoms with Crippen LogP contribution in [0.25, 0.3) is 0 Å². The molecular formula is C8H13NO3S. The minimum Gasteiger partial charge on any atom is -0.296 e. The van der Waals surface area contributed by atoms with Gasteiger partial charge in [-0.25, -0.2) is 8.42 Å². The van der Waals surface area contributed by atoms with Crippen LogP contribution in [0.15, 0.2) is 0 Å². The summed E-state index contributed by atoms with van der Waals surface area (Å²) in [7, 11) is -3.27. The maximum Gasteiger partial charge on any atom is 0.222 e. The van der Waals surface area contributed by atoms with E-state index in [9.17, 15) is 13.2 Å². The molecule has 0 aromatic carbocycles. The second-order valence-electron chi connectivity index (χ2n) is 3.73. The summed E-state index contributed by atoms with van der Waals surface area (Å²) in [4.78, 5) is 11.5. The number of carbonyl (C=O) groups excluding carboxylic acids is 1. The zero-order chi connectivity index (χ0) is 9.69. The van der Waals surface area contributed by atoms with E-state index in [-0.39, 0.29) is 11.5 Å². The predicted molar refractivity (Wildman–Crippen MR) is 47.8 cm³/mol. The molecule has 0 atom stereocenters. The van der Waals surface area contributed by atoms with Crippen LogP contribution >= 0.6 is 0 Å². The number of carbonyl (C=O) groups is 1. The highest BCUT2D eigenvalue weighted by molar-refractivity contribution is 7.90. The van der Waals surface area contributed by atoms with Crippen molar-refractivity contribution in [2.24, 2.45) is 0 Å². The van der Waals surface area contributed by atoms with Crippen LogP contribution < -0.4 is 0 Å². The van der Waals surface area contributed by atoms with E-state index in [0.29, 0.717) is 6.54 Å². The van der Waals surface area contributed by atoms with E-state index in [2.05, 4.69) is 0 Å². The maximum absolute atomic E-state index is 11.5. The summed E-state index contributed by atoms with van der Waals surface area (Å²) in [5, 5.41) is 0. The molecule has 0 aromatic heterocycles. The summed E-state index contributed by atoms with van der Waals surface area (Å²) in [5.74, 6) is -0.374. The van der Waals surface area contributed by atoms with E-state index in [0.717, 1.165) is 19.3 Å². The van der Waals surface area contributed by atoms with Gasteiger partial charge in [0.05, 0.1) is 5.54 Å². The molecule has 13 heavy (non-hydrogen) atoms. The van der Waals surface area contributed by atoms with Gasteiger partial charge in [0.15, 0.2) is 5.78 Å². The Labute approximate surface area is 78.0 Å². The zero-order valence-corrected chi connectivity index (χ0v) is 8.43. The van der Waals surface area contributed by atoms with Crippen molar-refractivity contribution in [2.75, 3.05) is 12.3 Å². The van der Waals surface area contributed by atoms with E-state index in [1.165, 1.54) is 4.31 Å². The lowest BCUT2D eigenvalue weighted by atomic mass is 9.74. The van der Waals surface area contributed by atoms with Crippen LogP contribution in [-0.4, -0.2) is 36.3 Å². The third-order valence-corrected chi connectivity index (χ3v) is 5.02. The molecule has 2 fully saturated rings. The van der Waals surface area contributed by atoms with Crippen molar-refractivity contribution in [3.05, 3.63) is 0 Å². The Morgan fingerprint density at radius 3 is 2.38 bits per heavy atom. The maximum atomic E-state index is 11.5. The molecular weight excluding hydrogens is 190 g/mol. The monoisotopic (exact) mass is 203 g/mol. The quantitative estimate of drug-likeness (QED) is 0.609. The molecule has 2 rings (SSSR count). The molecule has 0 amide bonds. The van der Waals surface area contributed by atoms with Crippen LogP contribution in [0.1, 0.15) is 26.2 Å². The predicted octanol–water partition coefficient (Wildman–Crippen LogP) is 0.144. The molecule has 5 heteroatoms. The van der Waals surface area contributed by atoms with Gasteiger partial charge in [-0.2, -0.15) is 4.31 Å². The van der Waals surface area contributed by atoms with Crippen LogP contribution in [0.4, 0.5) is 0 Å². The van der Waals surface area contributed by atoms with E-state index in [4.69, 9.17) is 0 Å². The summed E-state index contributed by atoms with van der Waals surface area (Å²) in [6.45, 7) is 2.21. The van der Waals surface area contributed by atoms with Gasteiger partial charge in [0, 0.05) is 6.54 Å². The van der Waals surface area contributed by atoms with E-state index in [1.54, 1.807) is 6.92 Å². The smallest absolute Gasteiger partial charge is 0.222 e. The van der Waals surface area contributed by atoms with Crippen molar-refractivity contribution < 1.29 is 13.2 Å². The highest BCUT2D eigenvalue weighted by Gasteiger charge is 2.58. The lowest BCUT2D eigenvalue weighted by molar-refractivity contribution is -0.128. The van der Waals surface area contributed by atoms with Crippen LogP contribution in [0, 0.1) is 0 Å². The zero-order valence-electron chi connectivity index (χ0n) is 7.62. The summed E-state index contributed by atoms with van der Waals surface area (Å²) < 4.78 is 24.4. The Bertz CT molecular complexity index is 342. The number of ketones is 1. The topological polar surface area (TPSA) is 54.5 Å².